The molecule has 1 fully saturated rings. The Balaban J connectivity index is 1.34. The highest BCUT2D eigenvalue weighted by Crippen LogP contribution is 2.28. The molecule has 2 aromatic rings. The number of H-pyrrole nitrogens is 1. The Morgan fingerprint density at radius 3 is 2.72 bits per heavy atom. The first kappa shape index (κ1) is 21.2. The van der Waals surface area contributed by atoms with Gasteiger partial charge in [0.15, 0.2) is 11.6 Å². The number of hydrogen-bond donors (Lipinski definition) is 3. The second-order valence-corrected chi connectivity index (χ2v) is 7.94. The van der Waals surface area contributed by atoms with E-state index in [0.717, 1.165) is 36.7 Å². The van der Waals surface area contributed by atoms with E-state index in [1.54, 1.807) is 0 Å². The number of benzene rings is 1. The van der Waals surface area contributed by atoms with Crippen molar-refractivity contribution in [1.82, 2.24) is 20.5 Å². The van der Waals surface area contributed by atoms with Crippen LogP contribution in [0.1, 0.15) is 37.9 Å². The summed E-state index contributed by atoms with van der Waals surface area (Å²) in [7, 11) is 0. The first-order valence-corrected chi connectivity index (χ1v) is 10.5. The highest BCUT2D eigenvalue weighted by Gasteiger charge is 2.16. The normalized spacial score (nSPS) is 14.1. The topological polar surface area (TPSA) is 99.8 Å². The number of carbonyl (C=O) groups excluding carboxylic acids is 2. The van der Waals surface area contributed by atoms with E-state index in [1.165, 1.54) is 43.5 Å². The second-order valence-electron chi connectivity index (χ2n) is 7.00. The van der Waals surface area contributed by atoms with Gasteiger partial charge in [0.1, 0.15) is 5.82 Å². The number of anilines is 1. The van der Waals surface area contributed by atoms with Crippen LogP contribution in [0.4, 0.5) is 14.5 Å². The Bertz CT molecular complexity index is 855. The van der Waals surface area contributed by atoms with E-state index in [1.807, 2.05) is 0 Å². The van der Waals surface area contributed by atoms with E-state index >= 15 is 0 Å². The third kappa shape index (κ3) is 6.81. The molecule has 0 saturated heterocycles. The molecular weight excluding hydrogens is 400 g/mol. The van der Waals surface area contributed by atoms with E-state index in [2.05, 4.69) is 25.8 Å². The van der Waals surface area contributed by atoms with Gasteiger partial charge in [-0.3, -0.25) is 14.7 Å². The quantitative estimate of drug-likeness (QED) is 0.539. The molecule has 0 radical (unpaired) electrons. The molecule has 156 valence electrons. The van der Waals surface area contributed by atoms with Crippen molar-refractivity contribution in [3.8, 4) is 0 Å². The summed E-state index contributed by atoms with van der Waals surface area (Å²) < 4.78 is 26.0. The predicted octanol–water partition coefficient (Wildman–Crippen LogP) is 3.05. The van der Waals surface area contributed by atoms with E-state index < -0.39 is 17.5 Å². The summed E-state index contributed by atoms with van der Waals surface area (Å²) in [6, 6.07) is 3.03. The largest absolute Gasteiger partial charge is 0.346 e. The summed E-state index contributed by atoms with van der Waals surface area (Å²) >= 11 is 1.18. The molecule has 0 aliphatic heterocycles. The number of thioether (sulfide) groups is 1. The summed E-state index contributed by atoms with van der Waals surface area (Å²) in [5.41, 5.74) is 0.114. The van der Waals surface area contributed by atoms with Gasteiger partial charge < -0.3 is 10.6 Å². The number of carbonyl (C=O) groups is 2. The molecule has 10 heteroatoms. The number of aromatic nitrogens is 3. The molecule has 0 bridgehead atoms. The molecule has 0 unspecified atom stereocenters. The van der Waals surface area contributed by atoms with Gasteiger partial charge in [-0.15, -0.1) is 5.10 Å². The van der Waals surface area contributed by atoms with E-state index in [9.17, 15) is 18.4 Å². The fourth-order valence-electron chi connectivity index (χ4n) is 3.23. The van der Waals surface area contributed by atoms with Crippen LogP contribution in [-0.4, -0.2) is 39.3 Å². The van der Waals surface area contributed by atoms with Gasteiger partial charge in [-0.2, -0.15) is 0 Å². The first-order valence-electron chi connectivity index (χ1n) is 9.55. The Morgan fingerprint density at radius 2 is 1.97 bits per heavy atom. The van der Waals surface area contributed by atoms with Crippen molar-refractivity contribution in [2.24, 2.45) is 5.92 Å². The zero-order valence-electron chi connectivity index (χ0n) is 15.8. The summed E-state index contributed by atoms with van der Waals surface area (Å²) in [5, 5.41) is 12.3. The monoisotopic (exact) mass is 423 g/mol. The molecule has 1 aliphatic carbocycles. The van der Waals surface area contributed by atoms with Gasteiger partial charge in [0.2, 0.25) is 17.0 Å². The number of rotatable bonds is 9. The zero-order valence-corrected chi connectivity index (χ0v) is 16.7. The molecule has 1 aliphatic rings. The van der Waals surface area contributed by atoms with Crippen molar-refractivity contribution in [2.45, 2.75) is 43.7 Å². The molecule has 1 aromatic carbocycles. The highest BCUT2D eigenvalue weighted by atomic mass is 32.2. The minimum atomic E-state index is -1.06. The maximum Gasteiger partial charge on any atom is 0.243 e. The maximum absolute atomic E-state index is 13.1. The van der Waals surface area contributed by atoms with Crippen molar-refractivity contribution in [3.63, 3.8) is 0 Å². The summed E-state index contributed by atoms with van der Waals surface area (Å²) in [6.45, 7) is -0.279. The average Bonchev–Trinajstić information content (AvgIpc) is 3.37. The minimum absolute atomic E-state index is 0.0678. The van der Waals surface area contributed by atoms with Crippen molar-refractivity contribution in [3.05, 3.63) is 35.7 Å². The molecule has 3 N–H and O–H groups in total. The van der Waals surface area contributed by atoms with Crippen LogP contribution >= 0.6 is 11.8 Å². The van der Waals surface area contributed by atoms with Crippen LogP contribution in [0.5, 0.6) is 0 Å². The lowest BCUT2D eigenvalue weighted by molar-refractivity contribution is -0.122. The van der Waals surface area contributed by atoms with Crippen molar-refractivity contribution >= 4 is 29.3 Å². The molecule has 0 atom stereocenters. The molecule has 1 heterocycles. The highest BCUT2D eigenvalue weighted by molar-refractivity contribution is 7.99. The molecule has 1 saturated carbocycles. The van der Waals surface area contributed by atoms with Gasteiger partial charge in [0.05, 0.1) is 12.3 Å². The lowest BCUT2D eigenvalue weighted by atomic mass is 10.0. The van der Waals surface area contributed by atoms with Gasteiger partial charge >= 0.3 is 0 Å². The minimum Gasteiger partial charge on any atom is -0.346 e. The van der Waals surface area contributed by atoms with Gasteiger partial charge in [-0.1, -0.05) is 37.4 Å². The molecule has 29 heavy (non-hydrogen) atoms. The van der Waals surface area contributed by atoms with Crippen molar-refractivity contribution in [2.75, 3.05) is 17.6 Å². The van der Waals surface area contributed by atoms with Gasteiger partial charge in [0, 0.05) is 18.2 Å². The van der Waals surface area contributed by atoms with Crippen LogP contribution in [0.15, 0.2) is 23.4 Å². The lowest BCUT2D eigenvalue weighted by Gasteiger charge is -2.07. The average molecular weight is 423 g/mol. The number of hydrogen-bond acceptors (Lipinski definition) is 5. The van der Waals surface area contributed by atoms with Gasteiger partial charge in [0.25, 0.3) is 0 Å². The molecule has 0 spiro atoms. The molecule has 2 amide bonds. The van der Waals surface area contributed by atoms with Crippen LogP contribution < -0.4 is 10.6 Å². The van der Waals surface area contributed by atoms with Crippen molar-refractivity contribution < 1.29 is 18.4 Å². The fourth-order valence-corrected chi connectivity index (χ4v) is 3.88. The Morgan fingerprint density at radius 1 is 1.17 bits per heavy atom. The first-order chi connectivity index (χ1) is 14.0. The van der Waals surface area contributed by atoms with Gasteiger partial charge in [-0.25, -0.2) is 13.8 Å². The second kappa shape index (κ2) is 10.3. The zero-order chi connectivity index (χ0) is 20.6. The number of nitrogens with one attached hydrogen (secondary N) is 3. The third-order valence-electron chi connectivity index (χ3n) is 4.76. The van der Waals surface area contributed by atoms with Crippen molar-refractivity contribution in [1.29, 1.82) is 0 Å². The van der Waals surface area contributed by atoms with Crippen LogP contribution in [0.3, 0.4) is 0 Å². The number of halogens is 2. The number of aromatic amines is 1. The van der Waals surface area contributed by atoms with Crippen LogP contribution in [0.25, 0.3) is 0 Å². The SMILES string of the molecule is O=C(CSc1n[nH]c(CCC2CCCC2)n1)NCC(=O)Nc1ccc(F)c(F)c1. The van der Waals surface area contributed by atoms with E-state index in [0.29, 0.717) is 5.16 Å². The predicted molar refractivity (Wildman–Crippen MR) is 105 cm³/mol. The standard InChI is InChI=1S/C19H23F2N5O2S/c20-14-7-6-13(9-15(14)21)23-17(27)10-22-18(28)11-29-19-24-16(25-26-19)8-5-12-3-1-2-4-12/h6-7,9,12H,1-5,8,10-11H2,(H,22,28)(H,23,27)(H,24,25,26). The lowest BCUT2D eigenvalue weighted by Crippen LogP contribution is -2.33. The Kier molecular flexibility index (Phi) is 7.56. The summed E-state index contributed by atoms with van der Waals surface area (Å²) in [6.07, 6.45) is 7.17. The van der Waals surface area contributed by atoms with Crippen LogP contribution in [0, 0.1) is 17.6 Å². The van der Waals surface area contributed by atoms with E-state index in [-0.39, 0.29) is 23.9 Å². The summed E-state index contributed by atoms with van der Waals surface area (Å²) in [5.74, 6) is -1.28. The molecule has 1 aromatic heterocycles. The van der Waals surface area contributed by atoms with Gasteiger partial charge in [-0.05, 0) is 24.5 Å². The molecule has 3 rings (SSSR count). The number of aryl methyl sites for hydroxylation is 1. The van der Waals surface area contributed by atoms with E-state index in [4.69, 9.17) is 0 Å². The molecular formula is C19H23F2N5O2S. The number of amides is 2. The Hall–Kier alpha value is -2.49. The number of nitrogens with zero attached hydrogens (tertiary/aromatic N) is 2. The maximum atomic E-state index is 13.1. The molecule has 7 nitrogen and oxygen atoms in total. The Labute approximate surface area is 171 Å². The van der Waals surface area contributed by atoms with Crippen LogP contribution in [0.2, 0.25) is 0 Å². The summed E-state index contributed by atoms with van der Waals surface area (Å²) in [4.78, 5) is 28.1. The smallest absolute Gasteiger partial charge is 0.243 e. The van der Waals surface area contributed by atoms with Crippen LogP contribution in [-0.2, 0) is 16.0 Å². The fraction of sp³-hybridized carbons (Fsp3) is 0.474. The third-order valence-corrected chi connectivity index (χ3v) is 5.60.